The zero-order valence-corrected chi connectivity index (χ0v) is 59.7. The Hall–Kier alpha value is -9.99. The number of rotatable bonds is 0. The third-order valence-electron chi connectivity index (χ3n) is 17.8. The first-order valence-electron chi connectivity index (χ1n) is 31.5. The topological polar surface area (TPSA) is 223 Å². The van der Waals surface area contributed by atoms with Gasteiger partial charge in [0.25, 0.3) is 0 Å². The Bertz CT molecular complexity index is 5210. The van der Waals surface area contributed by atoms with Gasteiger partial charge in [-0.3, -0.25) is 19.6 Å². The summed E-state index contributed by atoms with van der Waals surface area (Å²) in [4.78, 5) is 40.4. The van der Waals surface area contributed by atoms with E-state index in [0.29, 0.717) is 46.0 Å². The van der Waals surface area contributed by atoms with Crippen LogP contribution in [-0.4, -0.2) is 19.6 Å². The van der Waals surface area contributed by atoms with E-state index in [2.05, 4.69) is 0 Å². The maximum atomic E-state index is 12.4. The molecule has 20 rings (SSSR count). The Kier molecular flexibility index (Phi) is 17.8. The van der Waals surface area contributed by atoms with Crippen LogP contribution in [0.25, 0.3) is 131 Å². The van der Waals surface area contributed by atoms with E-state index in [0.717, 1.165) is 131 Å². The Morgan fingerprint density at radius 3 is 0.392 bits per heavy atom. The molecule has 0 spiro atoms. The molecule has 2 radical (unpaired) electrons. The van der Waals surface area contributed by atoms with Crippen LogP contribution in [0.2, 0.25) is 0 Å². The van der Waals surface area contributed by atoms with E-state index in [1.807, 2.05) is 243 Å². The standard InChI is InChI=1S/4C20H13O4P.2Rh/c4*21-25(22)23-17-11-9-13-5-1-3-7-15(13)19(17)20-16-8-4-2-6-14(16)10-12-18(20)24-25;;/h4*1-12H,(H,21,22);;. The summed E-state index contributed by atoms with van der Waals surface area (Å²) in [6.07, 6.45) is 0. The monoisotopic (exact) mass is 1600 g/mol. The number of hydrogen-bond donors (Lipinski definition) is 4. The summed E-state index contributed by atoms with van der Waals surface area (Å²) >= 11 is 0. The molecule has 0 fully saturated rings. The van der Waals surface area contributed by atoms with Gasteiger partial charge in [0.1, 0.15) is 46.0 Å². The second-order valence-corrected chi connectivity index (χ2v) is 29.1. The fraction of sp³-hybridized carbons (Fsp3) is 0. The molecule has 0 amide bonds. The van der Waals surface area contributed by atoms with E-state index in [9.17, 15) is 37.8 Å². The fourth-order valence-corrected chi connectivity index (χ4v) is 17.1. The Labute approximate surface area is 607 Å². The van der Waals surface area contributed by atoms with Crippen LogP contribution in [0.15, 0.2) is 291 Å². The molecule has 0 saturated heterocycles. The van der Waals surface area contributed by atoms with Gasteiger partial charge >= 0.3 is 31.3 Å². The summed E-state index contributed by atoms with van der Waals surface area (Å²) in [7, 11) is -17.0. The molecule has 506 valence electrons. The van der Waals surface area contributed by atoms with Crippen molar-refractivity contribution in [2.75, 3.05) is 0 Å². The molecule has 16 aromatic carbocycles. The molecule has 16 nitrogen and oxygen atoms in total. The molecular formula is C80H52O16P4Rh2. The minimum Gasteiger partial charge on any atom is -0.395 e. The van der Waals surface area contributed by atoms with Gasteiger partial charge in [0.05, 0.1) is 0 Å². The first kappa shape index (κ1) is 67.8. The first-order valence-corrected chi connectivity index (χ1v) is 37.5. The number of benzene rings is 16. The molecule has 22 heteroatoms. The molecule has 0 saturated carbocycles. The van der Waals surface area contributed by atoms with E-state index >= 15 is 0 Å². The fourth-order valence-electron chi connectivity index (χ4n) is 13.8. The minimum absolute atomic E-state index is 0. The Balaban J connectivity index is 0.000000109. The van der Waals surface area contributed by atoms with Gasteiger partial charge in [-0.05, 0) is 135 Å². The van der Waals surface area contributed by atoms with Crippen LogP contribution in [0.4, 0.5) is 0 Å². The van der Waals surface area contributed by atoms with Gasteiger partial charge in [0.2, 0.25) is 0 Å². The van der Waals surface area contributed by atoms with E-state index in [1.165, 1.54) is 0 Å². The van der Waals surface area contributed by atoms with Crippen molar-refractivity contribution in [2.45, 2.75) is 0 Å². The van der Waals surface area contributed by atoms with Gasteiger partial charge in [-0.25, -0.2) is 18.3 Å². The molecule has 0 unspecified atom stereocenters. The van der Waals surface area contributed by atoms with Crippen LogP contribution in [0, 0.1) is 0 Å². The second kappa shape index (κ2) is 26.8. The maximum absolute atomic E-state index is 12.4. The van der Waals surface area contributed by atoms with Gasteiger partial charge in [-0.2, -0.15) is 0 Å². The average Bonchev–Trinajstić information content (AvgIpc) is 1.55. The number of phosphoric ester groups is 4. The van der Waals surface area contributed by atoms with Gasteiger partial charge < -0.3 is 36.2 Å². The zero-order valence-electron chi connectivity index (χ0n) is 52.9. The van der Waals surface area contributed by atoms with Crippen LogP contribution < -0.4 is 36.2 Å². The predicted octanol–water partition coefficient (Wildman–Crippen LogP) is 22.1. The van der Waals surface area contributed by atoms with Crippen LogP contribution in [-0.2, 0) is 57.2 Å². The van der Waals surface area contributed by atoms with Crippen molar-refractivity contribution in [3.8, 4) is 90.5 Å². The predicted molar refractivity (Wildman–Crippen MR) is 392 cm³/mol. The molecule has 0 atom stereocenters. The van der Waals surface area contributed by atoms with Crippen LogP contribution in [0.3, 0.4) is 0 Å². The van der Waals surface area contributed by atoms with Gasteiger partial charge in [-0.15, -0.1) is 0 Å². The second-order valence-electron chi connectivity index (χ2n) is 23.9. The van der Waals surface area contributed by atoms with Crippen LogP contribution >= 0.6 is 31.3 Å². The normalized spacial score (nSPS) is 14.6. The number of phosphoric acid groups is 4. The Morgan fingerprint density at radius 1 is 0.167 bits per heavy atom. The van der Waals surface area contributed by atoms with E-state index in [4.69, 9.17) is 36.2 Å². The molecule has 4 aliphatic rings. The molecule has 0 aliphatic carbocycles. The SMILES string of the molecule is O=P1(O)Oc2ccc3ccccc3c2-c2c(ccc3ccccc23)O1.O=P1(O)Oc2ccc3ccccc3c2-c2c(ccc3ccccc23)O1.O=P1(O)Oc2ccc3ccccc3c2-c2c(ccc3ccccc23)O1.O=P1(O)Oc2ccc3ccccc3c2-c2c(ccc3ccccc23)O1.[Rh].[Rh]. The third-order valence-corrected chi connectivity index (χ3v) is 21.3. The van der Waals surface area contributed by atoms with E-state index < -0.39 is 31.3 Å². The molecule has 4 aliphatic heterocycles. The summed E-state index contributed by atoms with van der Waals surface area (Å²) in [5.41, 5.74) is 6.20. The average molecular weight is 1600 g/mol. The van der Waals surface area contributed by atoms with Crippen molar-refractivity contribution < 1.29 is 113 Å². The molecule has 102 heavy (non-hydrogen) atoms. The van der Waals surface area contributed by atoms with Crippen molar-refractivity contribution >= 4 is 117 Å². The third kappa shape index (κ3) is 12.6. The summed E-state index contributed by atoms with van der Waals surface area (Å²) in [5, 5.41) is 15.8. The largest absolute Gasteiger partial charge is 0.584 e. The van der Waals surface area contributed by atoms with Gasteiger partial charge in [0, 0.05) is 83.5 Å². The summed E-state index contributed by atoms with van der Waals surface area (Å²) < 4.78 is 92.4. The quantitative estimate of drug-likeness (QED) is 0.0818. The molecule has 0 aromatic heterocycles. The molecular weight excluding hydrogens is 1550 g/mol. The smallest absolute Gasteiger partial charge is 0.395 e. The molecule has 16 aromatic rings. The molecule has 4 heterocycles. The molecule has 0 bridgehead atoms. The van der Waals surface area contributed by atoms with Crippen LogP contribution in [0.5, 0.6) is 46.0 Å². The van der Waals surface area contributed by atoms with Gasteiger partial charge in [0.15, 0.2) is 0 Å². The number of fused-ring (bicyclic) bond motifs is 28. The van der Waals surface area contributed by atoms with Crippen molar-refractivity contribution in [2.24, 2.45) is 0 Å². The summed E-state index contributed by atoms with van der Waals surface area (Å²) in [6.45, 7) is 0. The zero-order chi connectivity index (χ0) is 68.1. The number of hydrogen-bond acceptors (Lipinski definition) is 12. The van der Waals surface area contributed by atoms with Crippen LogP contribution in [0.1, 0.15) is 0 Å². The summed E-state index contributed by atoms with van der Waals surface area (Å²) in [5.74, 6) is 2.78. The van der Waals surface area contributed by atoms with Crippen molar-refractivity contribution in [1.82, 2.24) is 0 Å². The van der Waals surface area contributed by atoms with Crippen molar-refractivity contribution in [1.29, 1.82) is 0 Å². The Morgan fingerprint density at radius 2 is 0.275 bits per heavy atom. The van der Waals surface area contributed by atoms with E-state index in [1.54, 1.807) is 48.5 Å². The maximum Gasteiger partial charge on any atom is 0.584 e. The molecule has 4 N–H and O–H groups in total. The first-order chi connectivity index (χ1) is 48.5. The van der Waals surface area contributed by atoms with E-state index in [-0.39, 0.29) is 39.0 Å². The van der Waals surface area contributed by atoms with Gasteiger partial charge in [-0.1, -0.05) is 243 Å². The minimum atomic E-state index is -4.25. The van der Waals surface area contributed by atoms with Crippen molar-refractivity contribution in [3.05, 3.63) is 291 Å². The summed E-state index contributed by atoms with van der Waals surface area (Å²) in [6, 6.07) is 92.0. The van der Waals surface area contributed by atoms with Crippen molar-refractivity contribution in [3.63, 3.8) is 0 Å².